The van der Waals surface area contributed by atoms with Gasteiger partial charge in [0.05, 0.1) is 5.69 Å². The van der Waals surface area contributed by atoms with Crippen molar-refractivity contribution in [3.8, 4) is 5.69 Å². The van der Waals surface area contributed by atoms with Crippen molar-refractivity contribution in [1.82, 2.24) is 9.78 Å². The van der Waals surface area contributed by atoms with Crippen molar-refractivity contribution in [1.29, 1.82) is 0 Å². The van der Waals surface area contributed by atoms with Crippen molar-refractivity contribution in [3.63, 3.8) is 0 Å². The van der Waals surface area contributed by atoms with E-state index < -0.39 is 10.0 Å². The van der Waals surface area contributed by atoms with Crippen LogP contribution in [0.2, 0.25) is 0 Å². The summed E-state index contributed by atoms with van der Waals surface area (Å²) in [7, 11) is -0.618. The zero-order valence-corrected chi connectivity index (χ0v) is 10.2. The van der Waals surface area contributed by atoms with Crippen LogP contribution in [0, 0.1) is 0 Å². The average molecular weight is 220 g/mol. The van der Waals surface area contributed by atoms with Gasteiger partial charge in [-0.05, 0) is 54.0 Å². The third-order valence-electron chi connectivity index (χ3n) is 2.31. The number of benzene rings is 1. The first-order chi connectivity index (χ1) is 7.07. The van der Waals surface area contributed by atoms with Gasteiger partial charge in [-0.2, -0.15) is 5.10 Å². The lowest BCUT2D eigenvalue weighted by Crippen LogP contribution is -1.96. The second-order valence-corrected chi connectivity index (χ2v) is 8.43. The molecule has 3 heteroatoms. The smallest absolute Gasteiger partial charge is 0.0646 e. The summed E-state index contributed by atoms with van der Waals surface area (Å²) < 4.78 is 1.88. The lowest BCUT2D eigenvalue weighted by atomic mass is 10.3. The fourth-order valence-corrected chi connectivity index (χ4v) is 2.38. The molecule has 0 bridgehead atoms. The van der Waals surface area contributed by atoms with Crippen molar-refractivity contribution in [2.75, 3.05) is 18.8 Å². The molecule has 0 aliphatic rings. The molecule has 0 N–H and O–H groups in total. The van der Waals surface area contributed by atoms with Crippen molar-refractivity contribution >= 4 is 10.0 Å². The molecular formula is C12H16N2S. The number of nitrogens with zero attached hydrogens (tertiary/aromatic N) is 2. The molecule has 15 heavy (non-hydrogen) atoms. The first kappa shape index (κ1) is 10.3. The molecule has 0 spiro atoms. The number of hydrogen-bond acceptors (Lipinski definition) is 1. The van der Waals surface area contributed by atoms with Gasteiger partial charge in [0.2, 0.25) is 0 Å². The van der Waals surface area contributed by atoms with Crippen LogP contribution >= 0.6 is 10.0 Å². The molecule has 1 aromatic carbocycles. The molecule has 2 nitrogen and oxygen atoms in total. The highest BCUT2D eigenvalue weighted by molar-refractivity contribution is 8.32. The third kappa shape index (κ3) is 2.23. The monoisotopic (exact) mass is 220 g/mol. The fourth-order valence-electron chi connectivity index (χ4n) is 1.43. The summed E-state index contributed by atoms with van der Waals surface area (Å²) in [6.07, 6.45) is 10.7. The highest BCUT2D eigenvalue weighted by Crippen LogP contribution is 2.44. The average Bonchev–Trinajstić information content (AvgIpc) is 2.69. The van der Waals surface area contributed by atoms with E-state index in [0.717, 1.165) is 5.69 Å². The van der Waals surface area contributed by atoms with Crippen LogP contribution in [0.25, 0.3) is 5.69 Å². The molecule has 2 aromatic rings. The Morgan fingerprint density at radius 3 is 2.20 bits per heavy atom. The summed E-state index contributed by atoms with van der Waals surface area (Å²) in [5.41, 5.74) is 1.12. The maximum atomic E-state index is 4.20. The van der Waals surface area contributed by atoms with Gasteiger partial charge in [0.15, 0.2) is 0 Å². The van der Waals surface area contributed by atoms with E-state index >= 15 is 0 Å². The normalized spacial score (nSPS) is 12.7. The van der Waals surface area contributed by atoms with E-state index in [4.69, 9.17) is 0 Å². The summed E-state index contributed by atoms with van der Waals surface area (Å²) in [4.78, 5) is 1.43. The molecule has 0 saturated carbocycles. The Hall–Kier alpha value is -1.22. The van der Waals surface area contributed by atoms with Crippen LogP contribution in [0.5, 0.6) is 0 Å². The summed E-state index contributed by atoms with van der Waals surface area (Å²) >= 11 is 0. The zero-order valence-electron chi connectivity index (χ0n) is 9.34. The summed E-state index contributed by atoms with van der Waals surface area (Å²) in [5.74, 6) is 0. The zero-order chi connectivity index (χ0) is 10.9. The predicted molar refractivity (Wildman–Crippen MR) is 67.2 cm³/mol. The number of hydrogen-bond donors (Lipinski definition) is 0. The first-order valence-corrected chi connectivity index (χ1v) is 7.71. The Morgan fingerprint density at radius 1 is 1.07 bits per heavy atom. The molecule has 2 rings (SSSR count). The quantitative estimate of drug-likeness (QED) is 0.761. The van der Waals surface area contributed by atoms with Crippen LogP contribution in [0.3, 0.4) is 0 Å². The molecule has 1 heterocycles. The largest absolute Gasteiger partial charge is 0.241 e. The topological polar surface area (TPSA) is 17.8 Å². The Balaban J connectivity index is 2.33. The summed E-state index contributed by atoms with van der Waals surface area (Å²) in [6, 6.07) is 10.6. The SMILES string of the molecule is CS(C)(C)c1ccc(-n2cccn2)cc1. The summed E-state index contributed by atoms with van der Waals surface area (Å²) in [5, 5.41) is 4.20. The third-order valence-corrected chi connectivity index (χ3v) is 4.00. The van der Waals surface area contributed by atoms with Gasteiger partial charge in [-0.15, -0.1) is 0 Å². The van der Waals surface area contributed by atoms with E-state index in [-0.39, 0.29) is 0 Å². The lowest BCUT2D eigenvalue weighted by molar-refractivity contribution is 0.879. The summed E-state index contributed by atoms with van der Waals surface area (Å²) in [6.45, 7) is 0. The molecule has 0 atom stereocenters. The molecular weight excluding hydrogens is 204 g/mol. The highest BCUT2D eigenvalue weighted by atomic mass is 32.3. The van der Waals surface area contributed by atoms with E-state index in [0.29, 0.717) is 0 Å². The van der Waals surface area contributed by atoms with Gasteiger partial charge in [-0.25, -0.2) is 14.7 Å². The van der Waals surface area contributed by atoms with Crippen LogP contribution in [-0.2, 0) is 0 Å². The minimum Gasteiger partial charge on any atom is -0.241 e. The predicted octanol–water partition coefficient (Wildman–Crippen LogP) is 2.93. The van der Waals surface area contributed by atoms with Gasteiger partial charge in [0.1, 0.15) is 0 Å². The minimum absolute atomic E-state index is 0.618. The molecule has 80 valence electrons. The lowest BCUT2D eigenvalue weighted by Gasteiger charge is -2.25. The minimum atomic E-state index is -0.618. The van der Waals surface area contributed by atoms with Crippen LogP contribution in [0.1, 0.15) is 0 Å². The number of aromatic nitrogens is 2. The van der Waals surface area contributed by atoms with Gasteiger partial charge >= 0.3 is 0 Å². The molecule has 1 aromatic heterocycles. The second kappa shape index (κ2) is 3.74. The maximum Gasteiger partial charge on any atom is 0.0646 e. The van der Waals surface area contributed by atoms with Gasteiger partial charge in [-0.3, -0.25) is 0 Å². The molecule has 0 unspecified atom stereocenters. The molecule has 0 aliphatic carbocycles. The Morgan fingerprint density at radius 2 is 1.73 bits per heavy atom. The van der Waals surface area contributed by atoms with E-state index in [1.807, 2.05) is 16.9 Å². The van der Waals surface area contributed by atoms with Crippen molar-refractivity contribution in [2.24, 2.45) is 0 Å². The van der Waals surface area contributed by atoms with Crippen molar-refractivity contribution in [2.45, 2.75) is 4.90 Å². The Labute approximate surface area is 92.2 Å². The van der Waals surface area contributed by atoms with E-state index in [2.05, 4.69) is 48.1 Å². The van der Waals surface area contributed by atoms with Gasteiger partial charge in [-0.1, -0.05) is 0 Å². The fraction of sp³-hybridized carbons (Fsp3) is 0.250. The first-order valence-electron chi connectivity index (χ1n) is 4.86. The second-order valence-electron chi connectivity index (χ2n) is 4.28. The number of rotatable bonds is 2. The van der Waals surface area contributed by atoms with Crippen LogP contribution in [0.4, 0.5) is 0 Å². The van der Waals surface area contributed by atoms with Gasteiger partial charge in [0, 0.05) is 12.4 Å². The van der Waals surface area contributed by atoms with Crippen LogP contribution in [0.15, 0.2) is 47.6 Å². The molecule has 0 radical (unpaired) electrons. The van der Waals surface area contributed by atoms with Crippen molar-refractivity contribution in [3.05, 3.63) is 42.7 Å². The maximum absolute atomic E-state index is 4.20. The molecule has 0 aliphatic heterocycles. The molecule has 0 fully saturated rings. The van der Waals surface area contributed by atoms with Gasteiger partial charge in [0.25, 0.3) is 0 Å². The Bertz CT molecular complexity index is 424. The standard InChI is InChI=1S/C12H16N2S/c1-15(2,3)12-7-5-11(6-8-12)14-10-4-9-13-14/h4-10H,1-3H3. The van der Waals surface area contributed by atoms with E-state index in [1.54, 1.807) is 6.20 Å². The van der Waals surface area contributed by atoms with E-state index in [1.165, 1.54) is 4.90 Å². The van der Waals surface area contributed by atoms with Gasteiger partial charge < -0.3 is 0 Å². The highest BCUT2D eigenvalue weighted by Gasteiger charge is 2.07. The molecule has 0 saturated heterocycles. The molecule has 0 amide bonds. The van der Waals surface area contributed by atoms with Crippen molar-refractivity contribution < 1.29 is 0 Å². The van der Waals surface area contributed by atoms with E-state index in [9.17, 15) is 0 Å². The van der Waals surface area contributed by atoms with Crippen LogP contribution in [-0.4, -0.2) is 28.5 Å². The Kier molecular flexibility index (Phi) is 2.57. The van der Waals surface area contributed by atoms with Crippen LogP contribution < -0.4 is 0 Å².